The third-order valence-electron chi connectivity index (χ3n) is 1.11. The van der Waals surface area contributed by atoms with Gasteiger partial charge in [0.15, 0.2) is 0 Å². The molecule has 0 radical (unpaired) electrons. The fraction of sp³-hybridized carbons (Fsp3) is 0. The van der Waals surface area contributed by atoms with Gasteiger partial charge < -0.3 is 14.9 Å². The molecule has 0 bridgehead atoms. The molecule has 0 heterocycles. The maximum Gasteiger partial charge on any atom is -0.172 e. The van der Waals surface area contributed by atoms with Gasteiger partial charge in [0.05, 0.1) is 0 Å². The quantitative estimate of drug-likeness (QED) is 0.493. The van der Waals surface area contributed by atoms with Gasteiger partial charge >= 0.3 is 41.9 Å². The van der Waals surface area contributed by atoms with Crippen LogP contribution in [0, 0.1) is 14.9 Å². The summed E-state index contributed by atoms with van der Waals surface area (Å²) in [6, 6.07) is 20.0. The Hall–Kier alpha value is 0.380. The van der Waals surface area contributed by atoms with Crippen molar-refractivity contribution in [3.05, 3.63) is 75.5 Å². The van der Waals surface area contributed by atoms with Gasteiger partial charge in [-0.15, -0.1) is 0 Å². The summed E-state index contributed by atoms with van der Waals surface area (Å²) in [6.45, 7) is 1.73. The fourth-order valence-corrected chi connectivity index (χ4v) is 0.642. The Balaban J connectivity index is -0.000000151. The van der Waals surface area contributed by atoms with E-state index in [-0.39, 0.29) is 14.9 Å². The van der Waals surface area contributed by atoms with Gasteiger partial charge in [0.25, 0.3) is 0 Å². The molecule has 0 spiro atoms. The van der Waals surface area contributed by atoms with Crippen molar-refractivity contribution in [3.8, 4) is 0 Å². The van der Waals surface area contributed by atoms with Crippen LogP contribution < -0.4 is 0 Å². The van der Waals surface area contributed by atoms with Crippen LogP contribution in [0.15, 0.2) is 60.7 Å². The summed E-state index contributed by atoms with van der Waals surface area (Å²) in [7, 11) is 10.5. The van der Waals surface area contributed by atoms with Gasteiger partial charge in [-0.3, -0.25) is 0 Å². The van der Waals surface area contributed by atoms with Crippen molar-refractivity contribution in [2.24, 2.45) is 0 Å². The minimum Gasteiger partial charge on any atom is -0.214 e. The van der Waals surface area contributed by atoms with Gasteiger partial charge in [-0.25, -0.2) is 24.3 Å². The first kappa shape index (κ1) is 21.6. The monoisotopic (exact) mass is 350 g/mol. The second-order valence-corrected chi connectivity index (χ2v) is 20.0. The fourth-order valence-electron chi connectivity index (χ4n) is 0.642. The number of rotatable bonds is 0. The standard InChI is InChI=1S/2C5H5.2CH3.2ClH.H2Si.Zr/c2*1-2-4-5-3-1;;;;;;/h2*1-5H;2*1H3;2*1H;1H2;/q4*-1;;;;+2/p-2. The predicted octanol–water partition coefficient (Wildman–Crippen LogP) is 4.17. The average molecular weight is 352 g/mol. The molecule has 2 aromatic carbocycles. The summed E-state index contributed by atoms with van der Waals surface area (Å²) in [5, 5.41) is 0. The SMILES string of the molecule is [CH3-].[CH3-].[SiH2]=[Zr]([Cl])[Cl].c1cc[cH-]c1.c1cc[cH-]c1. The minimum atomic E-state index is -1.57. The van der Waals surface area contributed by atoms with Crippen LogP contribution in [0.2, 0.25) is 0 Å². The molecule has 2 rings (SSSR count). The molecule has 0 saturated heterocycles. The average Bonchev–Trinajstić information content (AvgIpc) is 2.83. The molecular formula is C12H18Cl2SiZr-4. The zero-order valence-corrected chi connectivity index (χ0v) is 15.1. The van der Waals surface area contributed by atoms with Crippen molar-refractivity contribution in [2.75, 3.05) is 0 Å². The normalized spacial score (nSPS) is 6.62. The van der Waals surface area contributed by atoms with E-state index in [1.807, 2.05) is 60.7 Å². The Morgan fingerprint density at radius 1 is 0.750 bits per heavy atom. The van der Waals surface area contributed by atoms with Crippen LogP contribution in [0.4, 0.5) is 0 Å². The third kappa shape index (κ3) is 23.9. The maximum atomic E-state index is 5.25. The molecule has 0 atom stereocenters. The smallest absolute Gasteiger partial charge is 0.172 e. The number of halogens is 2. The van der Waals surface area contributed by atoms with E-state index in [0.29, 0.717) is 0 Å². The van der Waals surface area contributed by atoms with Crippen molar-refractivity contribution in [2.45, 2.75) is 0 Å². The largest absolute Gasteiger partial charge is 0.214 e. The third-order valence-corrected chi connectivity index (χ3v) is 1.11. The summed E-state index contributed by atoms with van der Waals surface area (Å²) >= 11 is -1.57. The predicted molar refractivity (Wildman–Crippen MR) is 77.1 cm³/mol. The summed E-state index contributed by atoms with van der Waals surface area (Å²) < 4.78 is 0. The first-order valence-electron chi connectivity index (χ1n) is 4.06. The van der Waals surface area contributed by atoms with Crippen LogP contribution in [0.5, 0.6) is 0 Å². The van der Waals surface area contributed by atoms with Crippen LogP contribution >= 0.6 is 17.0 Å². The molecule has 0 aliphatic heterocycles. The summed E-state index contributed by atoms with van der Waals surface area (Å²) in [4.78, 5) is 0. The van der Waals surface area contributed by atoms with Crippen LogP contribution in [0.25, 0.3) is 0 Å². The van der Waals surface area contributed by atoms with Crippen molar-refractivity contribution in [1.82, 2.24) is 0 Å². The Kier molecular flexibility index (Phi) is 24.0. The van der Waals surface area contributed by atoms with Gasteiger partial charge in [-0.1, -0.05) is 0 Å². The molecule has 0 fully saturated rings. The molecule has 4 heteroatoms. The van der Waals surface area contributed by atoms with Crippen LogP contribution in [-0.2, 0) is 18.0 Å². The molecule has 16 heavy (non-hydrogen) atoms. The van der Waals surface area contributed by atoms with Crippen molar-refractivity contribution < 1.29 is 18.0 Å². The van der Waals surface area contributed by atoms with Crippen LogP contribution in [0.1, 0.15) is 0 Å². The van der Waals surface area contributed by atoms with E-state index in [4.69, 9.17) is 17.0 Å². The van der Waals surface area contributed by atoms with Crippen LogP contribution in [-0.4, -0.2) is 6.88 Å². The van der Waals surface area contributed by atoms with E-state index in [1.54, 1.807) is 6.88 Å². The Bertz CT molecular complexity index is 226. The molecule has 0 unspecified atom stereocenters. The molecule has 0 nitrogen and oxygen atoms in total. The van der Waals surface area contributed by atoms with Crippen molar-refractivity contribution in [3.63, 3.8) is 0 Å². The second kappa shape index (κ2) is 17.8. The zero-order valence-electron chi connectivity index (χ0n) is 9.74. The van der Waals surface area contributed by atoms with Crippen molar-refractivity contribution in [1.29, 1.82) is 0 Å². The van der Waals surface area contributed by atoms with Gasteiger partial charge in [0.2, 0.25) is 0 Å². The number of hydrogen-bond donors (Lipinski definition) is 0. The van der Waals surface area contributed by atoms with E-state index in [0.717, 1.165) is 0 Å². The van der Waals surface area contributed by atoms with Gasteiger partial charge in [-0.05, 0) is 0 Å². The molecule has 0 aromatic heterocycles. The van der Waals surface area contributed by atoms with Gasteiger partial charge in [-0.2, -0.15) is 36.4 Å². The molecule has 0 aliphatic rings. The zero-order chi connectivity index (χ0) is 10.6. The Morgan fingerprint density at radius 3 is 1.00 bits per heavy atom. The second-order valence-electron chi connectivity index (χ2n) is 2.26. The summed E-state index contributed by atoms with van der Waals surface area (Å²) in [6.07, 6.45) is 0. The van der Waals surface area contributed by atoms with Gasteiger partial charge in [0.1, 0.15) is 0 Å². The van der Waals surface area contributed by atoms with E-state index in [2.05, 4.69) is 0 Å². The number of hydrogen-bond acceptors (Lipinski definition) is 0. The van der Waals surface area contributed by atoms with Crippen LogP contribution in [0.3, 0.4) is 0 Å². The van der Waals surface area contributed by atoms with E-state index >= 15 is 0 Å². The maximum absolute atomic E-state index is 5.25. The molecule has 0 amide bonds. The summed E-state index contributed by atoms with van der Waals surface area (Å²) in [5.74, 6) is 0. The van der Waals surface area contributed by atoms with E-state index < -0.39 is 18.0 Å². The van der Waals surface area contributed by atoms with E-state index in [1.165, 1.54) is 0 Å². The van der Waals surface area contributed by atoms with Crippen molar-refractivity contribution >= 4 is 23.9 Å². The Labute approximate surface area is 116 Å². The molecule has 0 saturated carbocycles. The topological polar surface area (TPSA) is 0 Å². The Morgan fingerprint density at radius 2 is 0.938 bits per heavy atom. The summed E-state index contributed by atoms with van der Waals surface area (Å²) in [5.41, 5.74) is 0. The first-order valence-corrected chi connectivity index (χ1v) is 16.3. The van der Waals surface area contributed by atoms with E-state index in [9.17, 15) is 0 Å². The molecule has 0 N–H and O–H groups in total. The first-order chi connectivity index (χ1) is 6.73. The molecule has 0 aliphatic carbocycles. The molecule has 92 valence electrons. The molecular weight excluding hydrogens is 334 g/mol. The minimum absolute atomic E-state index is 0. The molecule has 2 aromatic rings. The van der Waals surface area contributed by atoms with Gasteiger partial charge in [0, 0.05) is 0 Å².